The van der Waals surface area contributed by atoms with E-state index in [2.05, 4.69) is 4.98 Å². The summed E-state index contributed by atoms with van der Waals surface area (Å²) in [5, 5.41) is 0.969. The van der Waals surface area contributed by atoms with E-state index in [0.29, 0.717) is 5.92 Å². The van der Waals surface area contributed by atoms with Crippen molar-refractivity contribution in [1.29, 1.82) is 0 Å². The Morgan fingerprint density at radius 3 is 2.88 bits per heavy atom. The van der Waals surface area contributed by atoms with Crippen molar-refractivity contribution < 1.29 is 9.53 Å². The topological polar surface area (TPSA) is 42.1 Å². The first kappa shape index (κ1) is 9.46. The van der Waals surface area contributed by atoms with Crippen LogP contribution in [0.2, 0.25) is 0 Å². The zero-order valence-corrected chi connectivity index (χ0v) is 9.12. The number of rotatable bonds is 3. The summed E-state index contributed by atoms with van der Waals surface area (Å²) in [5.41, 5.74) is 2.82. The fourth-order valence-corrected chi connectivity index (χ4v) is 2.22. The maximum Gasteiger partial charge on any atom is 0.152 e. The van der Waals surface area contributed by atoms with Crippen LogP contribution in [0.25, 0.3) is 10.9 Å². The van der Waals surface area contributed by atoms with Gasteiger partial charge in [-0.2, -0.15) is 0 Å². The van der Waals surface area contributed by atoms with Gasteiger partial charge in [0.15, 0.2) is 6.29 Å². The molecule has 0 unspecified atom stereocenters. The third kappa shape index (κ3) is 1.24. The lowest BCUT2D eigenvalue weighted by Crippen LogP contribution is -1.85. The van der Waals surface area contributed by atoms with E-state index >= 15 is 0 Å². The molecule has 0 bridgehead atoms. The van der Waals surface area contributed by atoms with E-state index in [1.54, 1.807) is 7.11 Å². The van der Waals surface area contributed by atoms with Crippen LogP contribution in [0.3, 0.4) is 0 Å². The highest BCUT2D eigenvalue weighted by atomic mass is 16.5. The molecule has 1 fully saturated rings. The molecule has 3 nitrogen and oxygen atoms in total. The Kier molecular flexibility index (Phi) is 1.99. The Balaban J connectivity index is 2.31. The number of benzene rings is 1. The van der Waals surface area contributed by atoms with Gasteiger partial charge in [0, 0.05) is 16.6 Å². The fraction of sp³-hybridized carbons (Fsp3) is 0.308. The van der Waals surface area contributed by atoms with Crippen LogP contribution < -0.4 is 4.74 Å². The molecule has 1 N–H and O–H groups in total. The third-order valence-electron chi connectivity index (χ3n) is 3.19. The molecule has 0 aliphatic heterocycles. The summed E-state index contributed by atoms with van der Waals surface area (Å²) in [6, 6.07) is 5.78. The lowest BCUT2D eigenvalue weighted by molar-refractivity contribution is 0.112. The average Bonchev–Trinajstić information content (AvgIpc) is 3.09. The molecule has 1 aliphatic rings. The second kappa shape index (κ2) is 3.37. The van der Waals surface area contributed by atoms with Crippen LogP contribution in [0.1, 0.15) is 34.8 Å². The summed E-state index contributed by atoms with van der Waals surface area (Å²) in [6.45, 7) is 0. The summed E-state index contributed by atoms with van der Waals surface area (Å²) >= 11 is 0. The Morgan fingerprint density at radius 2 is 2.25 bits per heavy atom. The van der Waals surface area contributed by atoms with Gasteiger partial charge in [0.1, 0.15) is 5.75 Å². The molecule has 0 atom stereocenters. The lowest BCUT2D eigenvalue weighted by atomic mass is 10.1. The van der Waals surface area contributed by atoms with Crippen LogP contribution in [0.5, 0.6) is 5.75 Å². The van der Waals surface area contributed by atoms with E-state index in [1.807, 2.05) is 18.2 Å². The molecular formula is C13H13NO2. The second-order valence-electron chi connectivity index (χ2n) is 4.23. The number of fused-ring (bicyclic) bond motifs is 1. The van der Waals surface area contributed by atoms with Crippen LogP contribution in [0.15, 0.2) is 18.2 Å². The summed E-state index contributed by atoms with van der Waals surface area (Å²) in [7, 11) is 1.65. The Bertz CT molecular complexity index is 552. The van der Waals surface area contributed by atoms with Crippen molar-refractivity contribution in [3.63, 3.8) is 0 Å². The summed E-state index contributed by atoms with van der Waals surface area (Å²) in [5.74, 6) is 1.34. The predicted octanol–water partition coefficient (Wildman–Crippen LogP) is 2.87. The first-order valence-electron chi connectivity index (χ1n) is 5.49. The zero-order valence-electron chi connectivity index (χ0n) is 9.12. The molecule has 0 radical (unpaired) electrons. The molecule has 1 aromatic heterocycles. The standard InChI is InChI=1S/C13H13NO2/c1-16-11-4-2-3-9-10(7-15)12(8-5-6-8)14-13(9)11/h2-4,7-8,14H,5-6H2,1H3. The summed E-state index contributed by atoms with van der Waals surface area (Å²) < 4.78 is 5.29. The molecule has 1 aliphatic carbocycles. The van der Waals surface area contributed by atoms with Crippen molar-refractivity contribution in [2.75, 3.05) is 7.11 Å². The third-order valence-corrected chi connectivity index (χ3v) is 3.19. The van der Waals surface area contributed by atoms with E-state index in [4.69, 9.17) is 4.74 Å². The lowest BCUT2D eigenvalue weighted by Gasteiger charge is -1.99. The van der Waals surface area contributed by atoms with Gasteiger partial charge < -0.3 is 9.72 Å². The van der Waals surface area contributed by atoms with Crippen LogP contribution in [0.4, 0.5) is 0 Å². The minimum Gasteiger partial charge on any atom is -0.495 e. The zero-order chi connectivity index (χ0) is 11.1. The number of hydrogen-bond acceptors (Lipinski definition) is 2. The van der Waals surface area contributed by atoms with Gasteiger partial charge in [-0.15, -0.1) is 0 Å². The van der Waals surface area contributed by atoms with Crippen LogP contribution in [0, 0.1) is 0 Å². The fourth-order valence-electron chi connectivity index (χ4n) is 2.22. The van der Waals surface area contributed by atoms with Crippen molar-refractivity contribution in [3.8, 4) is 5.75 Å². The molecule has 1 saturated carbocycles. The number of H-pyrrole nitrogens is 1. The number of carbonyl (C=O) groups excluding carboxylic acids is 1. The van der Waals surface area contributed by atoms with Crippen molar-refractivity contribution in [2.45, 2.75) is 18.8 Å². The molecular weight excluding hydrogens is 202 g/mol. The molecule has 2 aromatic rings. The normalized spacial score (nSPS) is 15.3. The number of aromatic nitrogens is 1. The molecule has 0 saturated heterocycles. The van der Waals surface area contributed by atoms with E-state index in [-0.39, 0.29) is 0 Å². The number of carbonyl (C=O) groups is 1. The minimum atomic E-state index is 0.539. The Morgan fingerprint density at radius 1 is 1.44 bits per heavy atom. The van der Waals surface area contributed by atoms with Crippen LogP contribution in [-0.4, -0.2) is 18.4 Å². The van der Waals surface area contributed by atoms with Gasteiger partial charge in [0.25, 0.3) is 0 Å². The molecule has 16 heavy (non-hydrogen) atoms. The molecule has 3 rings (SSSR count). The molecule has 1 aromatic carbocycles. The van der Waals surface area contributed by atoms with E-state index in [0.717, 1.165) is 34.2 Å². The number of aromatic amines is 1. The highest BCUT2D eigenvalue weighted by molar-refractivity contribution is 6.01. The van der Waals surface area contributed by atoms with Crippen molar-refractivity contribution in [2.24, 2.45) is 0 Å². The Hall–Kier alpha value is -1.77. The maximum atomic E-state index is 11.2. The van der Waals surface area contributed by atoms with Gasteiger partial charge in [-0.3, -0.25) is 4.79 Å². The number of hydrogen-bond donors (Lipinski definition) is 1. The van der Waals surface area contributed by atoms with Gasteiger partial charge in [-0.05, 0) is 24.8 Å². The van der Waals surface area contributed by atoms with Gasteiger partial charge in [-0.25, -0.2) is 0 Å². The number of aldehydes is 1. The summed E-state index contributed by atoms with van der Waals surface area (Å²) in [4.78, 5) is 14.5. The smallest absolute Gasteiger partial charge is 0.152 e. The molecule has 82 valence electrons. The number of ether oxygens (including phenoxy) is 1. The van der Waals surface area contributed by atoms with E-state index in [1.165, 1.54) is 12.8 Å². The first-order valence-corrected chi connectivity index (χ1v) is 5.49. The predicted molar refractivity (Wildman–Crippen MR) is 62.2 cm³/mol. The van der Waals surface area contributed by atoms with Gasteiger partial charge in [-0.1, -0.05) is 12.1 Å². The Labute approximate surface area is 93.4 Å². The van der Waals surface area contributed by atoms with Gasteiger partial charge >= 0.3 is 0 Å². The van der Waals surface area contributed by atoms with Gasteiger partial charge in [0.05, 0.1) is 12.6 Å². The first-order chi connectivity index (χ1) is 7.85. The molecule has 3 heteroatoms. The van der Waals surface area contributed by atoms with Gasteiger partial charge in [0.2, 0.25) is 0 Å². The number of nitrogens with one attached hydrogen (secondary N) is 1. The average molecular weight is 215 g/mol. The molecule has 0 spiro atoms. The molecule has 1 heterocycles. The highest BCUT2D eigenvalue weighted by Gasteiger charge is 2.29. The SMILES string of the molecule is COc1cccc2c(C=O)c(C3CC3)[nH]c12. The van der Waals surface area contributed by atoms with E-state index in [9.17, 15) is 4.79 Å². The minimum absolute atomic E-state index is 0.539. The quantitative estimate of drug-likeness (QED) is 0.800. The monoisotopic (exact) mass is 215 g/mol. The number of methoxy groups -OCH3 is 1. The maximum absolute atomic E-state index is 11.2. The van der Waals surface area contributed by atoms with E-state index < -0.39 is 0 Å². The highest BCUT2D eigenvalue weighted by Crippen LogP contribution is 2.43. The number of para-hydroxylation sites is 1. The van der Waals surface area contributed by atoms with Crippen LogP contribution in [-0.2, 0) is 0 Å². The van der Waals surface area contributed by atoms with Crippen LogP contribution >= 0.6 is 0 Å². The van der Waals surface area contributed by atoms with Crippen molar-refractivity contribution >= 4 is 17.2 Å². The summed E-state index contributed by atoms with van der Waals surface area (Å²) in [6.07, 6.45) is 3.30. The van der Waals surface area contributed by atoms with Crippen molar-refractivity contribution in [3.05, 3.63) is 29.5 Å². The van der Waals surface area contributed by atoms with Crippen molar-refractivity contribution in [1.82, 2.24) is 4.98 Å². The molecule has 0 amide bonds. The second-order valence-corrected chi connectivity index (χ2v) is 4.23. The largest absolute Gasteiger partial charge is 0.495 e.